The highest BCUT2D eigenvalue weighted by Gasteiger charge is 2.04. The maximum atomic E-state index is 5.91. The van der Waals surface area contributed by atoms with Crippen LogP contribution in [0.2, 0.25) is 0 Å². The first kappa shape index (κ1) is 20.2. The van der Waals surface area contributed by atoms with Crippen molar-refractivity contribution in [1.29, 1.82) is 0 Å². The summed E-state index contributed by atoms with van der Waals surface area (Å²) in [6.07, 6.45) is 1.01. The van der Waals surface area contributed by atoms with E-state index >= 15 is 0 Å². The lowest BCUT2D eigenvalue weighted by Crippen LogP contribution is -2.37. The van der Waals surface area contributed by atoms with E-state index < -0.39 is 0 Å². The molecule has 0 saturated carbocycles. The fourth-order valence-electron chi connectivity index (χ4n) is 1.99. The maximum absolute atomic E-state index is 5.91. The van der Waals surface area contributed by atoms with Gasteiger partial charge >= 0.3 is 0 Å². The van der Waals surface area contributed by atoms with E-state index in [1.54, 1.807) is 0 Å². The van der Waals surface area contributed by atoms with Gasteiger partial charge in [-0.25, -0.2) is 0 Å². The molecule has 0 spiro atoms. The van der Waals surface area contributed by atoms with Crippen LogP contribution in [0.5, 0.6) is 0 Å². The number of ether oxygens (including phenoxy) is 1. The molecule has 1 atom stereocenters. The van der Waals surface area contributed by atoms with Gasteiger partial charge in [0, 0.05) is 26.2 Å². The van der Waals surface area contributed by atoms with E-state index in [0.29, 0.717) is 19.1 Å². The van der Waals surface area contributed by atoms with Crippen molar-refractivity contribution < 1.29 is 4.74 Å². The van der Waals surface area contributed by atoms with Crippen LogP contribution >= 0.6 is 24.0 Å². The van der Waals surface area contributed by atoms with E-state index in [1.807, 2.05) is 23.1 Å². The van der Waals surface area contributed by atoms with Crippen LogP contribution in [0.4, 0.5) is 0 Å². The minimum absolute atomic E-state index is 0. The van der Waals surface area contributed by atoms with Crippen molar-refractivity contribution in [3.8, 4) is 0 Å². The minimum Gasteiger partial charge on any atom is -0.374 e. The molecule has 0 radical (unpaired) electrons. The Bertz CT molecular complexity index is 394. The molecule has 0 aliphatic rings. The van der Waals surface area contributed by atoms with Crippen LogP contribution in [-0.4, -0.2) is 37.1 Å². The molecule has 0 aromatic heterocycles. The van der Waals surface area contributed by atoms with Gasteiger partial charge in [0.2, 0.25) is 0 Å². The van der Waals surface area contributed by atoms with Gasteiger partial charge in [-0.2, -0.15) is 0 Å². The van der Waals surface area contributed by atoms with Gasteiger partial charge < -0.3 is 15.4 Å². The number of nitrogens with two attached hydrogens (primary N) is 1. The SMILES string of the molecule is CCN(CC)C(N)=NCCCOC(C)c1ccccc1.I. The lowest BCUT2D eigenvalue weighted by atomic mass is 10.1. The molecule has 0 aliphatic heterocycles. The van der Waals surface area contributed by atoms with Crippen LogP contribution in [0.25, 0.3) is 0 Å². The van der Waals surface area contributed by atoms with Crippen molar-refractivity contribution in [2.75, 3.05) is 26.2 Å². The Kier molecular flexibility index (Phi) is 11.3. The Morgan fingerprint density at radius 1 is 1.24 bits per heavy atom. The fraction of sp³-hybridized carbons (Fsp3) is 0.562. The van der Waals surface area contributed by atoms with Crippen LogP contribution in [0.15, 0.2) is 35.3 Å². The largest absolute Gasteiger partial charge is 0.374 e. The van der Waals surface area contributed by atoms with Gasteiger partial charge in [0.1, 0.15) is 0 Å². The van der Waals surface area contributed by atoms with Gasteiger partial charge in [0.15, 0.2) is 5.96 Å². The van der Waals surface area contributed by atoms with E-state index in [0.717, 1.165) is 19.5 Å². The van der Waals surface area contributed by atoms with Crippen molar-refractivity contribution in [2.45, 2.75) is 33.3 Å². The Morgan fingerprint density at radius 3 is 2.43 bits per heavy atom. The summed E-state index contributed by atoms with van der Waals surface area (Å²) in [6.45, 7) is 9.44. The molecule has 0 saturated heterocycles. The molecular weight excluding hydrogens is 377 g/mol. The third-order valence-corrected chi connectivity index (χ3v) is 3.30. The molecular formula is C16H28IN3O. The quantitative estimate of drug-likeness (QED) is 0.312. The zero-order valence-corrected chi connectivity index (χ0v) is 15.6. The van der Waals surface area contributed by atoms with Crippen molar-refractivity contribution in [3.63, 3.8) is 0 Å². The molecule has 0 amide bonds. The summed E-state index contributed by atoms with van der Waals surface area (Å²) in [4.78, 5) is 6.43. The Labute approximate surface area is 145 Å². The second-order valence-electron chi connectivity index (χ2n) is 4.69. The van der Waals surface area contributed by atoms with Crippen molar-refractivity contribution in [2.24, 2.45) is 10.7 Å². The molecule has 0 bridgehead atoms. The van der Waals surface area contributed by atoms with Crippen LogP contribution in [0, 0.1) is 0 Å². The van der Waals surface area contributed by atoms with Crippen LogP contribution < -0.4 is 5.73 Å². The molecule has 0 heterocycles. The number of rotatable bonds is 8. The van der Waals surface area contributed by atoms with E-state index in [2.05, 4.69) is 37.9 Å². The van der Waals surface area contributed by atoms with Crippen LogP contribution in [0.3, 0.4) is 0 Å². The smallest absolute Gasteiger partial charge is 0.191 e. The van der Waals surface area contributed by atoms with Gasteiger partial charge in [-0.1, -0.05) is 30.3 Å². The number of hydrogen-bond acceptors (Lipinski definition) is 2. The summed E-state index contributed by atoms with van der Waals surface area (Å²) in [5.74, 6) is 0.631. The van der Waals surface area contributed by atoms with E-state index in [1.165, 1.54) is 5.56 Å². The summed E-state index contributed by atoms with van der Waals surface area (Å²) in [7, 11) is 0. The molecule has 1 aromatic rings. The van der Waals surface area contributed by atoms with Gasteiger partial charge in [-0.05, 0) is 32.8 Å². The number of nitrogens with zero attached hydrogens (tertiary/aromatic N) is 2. The second-order valence-corrected chi connectivity index (χ2v) is 4.69. The average Bonchev–Trinajstić information content (AvgIpc) is 2.49. The molecule has 4 nitrogen and oxygen atoms in total. The lowest BCUT2D eigenvalue weighted by Gasteiger charge is -2.19. The summed E-state index contributed by atoms with van der Waals surface area (Å²) in [6, 6.07) is 10.2. The molecule has 1 unspecified atom stereocenters. The first-order valence-electron chi connectivity index (χ1n) is 7.40. The predicted octanol–water partition coefficient (Wildman–Crippen LogP) is 3.43. The van der Waals surface area contributed by atoms with Crippen molar-refractivity contribution >= 4 is 29.9 Å². The Hall–Kier alpha value is -0.820. The molecule has 5 heteroatoms. The summed E-state index contributed by atoms with van der Waals surface area (Å²) < 4.78 is 5.80. The maximum Gasteiger partial charge on any atom is 0.191 e. The van der Waals surface area contributed by atoms with Gasteiger partial charge in [0.05, 0.1) is 6.10 Å². The molecule has 2 N–H and O–H groups in total. The summed E-state index contributed by atoms with van der Waals surface area (Å²) in [5, 5.41) is 0. The zero-order chi connectivity index (χ0) is 14.8. The highest BCUT2D eigenvalue weighted by Crippen LogP contribution is 2.15. The summed E-state index contributed by atoms with van der Waals surface area (Å²) >= 11 is 0. The molecule has 120 valence electrons. The van der Waals surface area contributed by atoms with E-state index in [4.69, 9.17) is 10.5 Å². The second kappa shape index (κ2) is 11.8. The average molecular weight is 405 g/mol. The highest BCUT2D eigenvalue weighted by molar-refractivity contribution is 14.0. The van der Waals surface area contributed by atoms with E-state index in [-0.39, 0.29) is 30.1 Å². The third kappa shape index (κ3) is 7.66. The van der Waals surface area contributed by atoms with Crippen LogP contribution in [0.1, 0.15) is 38.9 Å². The topological polar surface area (TPSA) is 50.8 Å². The first-order chi connectivity index (χ1) is 9.69. The van der Waals surface area contributed by atoms with E-state index in [9.17, 15) is 0 Å². The first-order valence-corrected chi connectivity index (χ1v) is 7.40. The summed E-state index contributed by atoms with van der Waals surface area (Å²) in [5.41, 5.74) is 7.11. The number of guanidine groups is 1. The van der Waals surface area contributed by atoms with Gasteiger partial charge in [-0.3, -0.25) is 4.99 Å². The molecule has 0 aliphatic carbocycles. The number of benzene rings is 1. The van der Waals surface area contributed by atoms with Crippen LogP contribution in [-0.2, 0) is 4.74 Å². The molecule has 1 aromatic carbocycles. The normalized spacial score (nSPS) is 12.6. The number of halogens is 1. The van der Waals surface area contributed by atoms with Gasteiger partial charge in [-0.15, -0.1) is 24.0 Å². The van der Waals surface area contributed by atoms with Crippen molar-refractivity contribution in [3.05, 3.63) is 35.9 Å². The number of hydrogen-bond donors (Lipinski definition) is 1. The van der Waals surface area contributed by atoms with Gasteiger partial charge in [0.25, 0.3) is 0 Å². The molecule has 1 rings (SSSR count). The predicted molar refractivity (Wildman–Crippen MR) is 100 cm³/mol. The Balaban J connectivity index is 0.00000400. The third-order valence-electron chi connectivity index (χ3n) is 3.30. The fourth-order valence-corrected chi connectivity index (χ4v) is 1.99. The molecule has 21 heavy (non-hydrogen) atoms. The Morgan fingerprint density at radius 2 is 1.86 bits per heavy atom. The highest BCUT2D eigenvalue weighted by atomic mass is 127. The lowest BCUT2D eigenvalue weighted by molar-refractivity contribution is 0.0652. The minimum atomic E-state index is 0. The molecule has 0 fully saturated rings. The number of aliphatic imine (C=N–C) groups is 1. The standard InChI is InChI=1S/C16H27N3O.HI/c1-4-19(5-2)16(17)18-12-9-13-20-14(3)15-10-7-6-8-11-15;/h6-8,10-11,14H,4-5,9,12-13H2,1-3H3,(H2,17,18);1H. The zero-order valence-electron chi connectivity index (χ0n) is 13.3. The van der Waals surface area contributed by atoms with Crippen molar-refractivity contribution in [1.82, 2.24) is 4.90 Å². The monoisotopic (exact) mass is 405 g/mol.